The Morgan fingerprint density at radius 2 is 1.51 bits per heavy atom. The smallest absolute Gasteiger partial charge is 0.319 e. The van der Waals surface area contributed by atoms with E-state index >= 15 is 0 Å². The molecule has 6 fully saturated rings. The molecule has 4 bridgehead atoms. The van der Waals surface area contributed by atoms with Gasteiger partial charge in [-0.1, -0.05) is 55.7 Å². The number of carbonyl (C=O) groups excluding carboxylic acids is 1. The van der Waals surface area contributed by atoms with E-state index < -0.39 is 6.29 Å². The van der Waals surface area contributed by atoms with Crippen LogP contribution in [-0.2, 0) is 16.1 Å². The summed E-state index contributed by atoms with van der Waals surface area (Å²) in [5.41, 5.74) is 3.66. The highest BCUT2D eigenvalue weighted by Gasteiger charge is 2.51. The van der Waals surface area contributed by atoms with Crippen molar-refractivity contribution < 1.29 is 19.4 Å². The standard InChI is InChI=1S/C36H49N3O4/c40-24-25-9-11-29(12-10-25)33-19-32(23-39-13-4-2-1-3-5-14-39)42-34(43-33)30-7-6-8-31(18-30)37-35(41)38-36-20-26-15-27(21-36)17-28(16-26)22-36/h6-12,18,26-28,32-34,40H,1-5,13-17,19-24H2,(H2,37,38,41)/t26?,27?,28?,32-,33+,34+,36?/m0/s1. The zero-order valence-corrected chi connectivity index (χ0v) is 25.5. The van der Waals surface area contributed by atoms with Crippen molar-refractivity contribution in [1.29, 1.82) is 0 Å². The average Bonchev–Trinajstić information content (AvgIpc) is 2.97. The molecule has 7 heteroatoms. The van der Waals surface area contributed by atoms with Gasteiger partial charge in [0.2, 0.25) is 0 Å². The lowest BCUT2D eigenvalue weighted by atomic mass is 9.53. The first-order valence-electron chi connectivity index (χ1n) is 16.9. The van der Waals surface area contributed by atoms with Gasteiger partial charge < -0.3 is 30.1 Å². The van der Waals surface area contributed by atoms with Crippen molar-refractivity contribution in [3.05, 3.63) is 65.2 Å². The Balaban J connectivity index is 1.05. The van der Waals surface area contributed by atoms with E-state index in [1.165, 1.54) is 51.4 Å². The van der Waals surface area contributed by atoms with Crippen LogP contribution in [0.25, 0.3) is 0 Å². The molecule has 6 aliphatic rings. The largest absolute Gasteiger partial charge is 0.392 e. The van der Waals surface area contributed by atoms with Crippen molar-refractivity contribution in [2.24, 2.45) is 17.8 Å². The Kier molecular flexibility index (Phi) is 8.77. The monoisotopic (exact) mass is 587 g/mol. The third kappa shape index (κ3) is 6.95. The number of amides is 2. The summed E-state index contributed by atoms with van der Waals surface area (Å²) in [6.45, 7) is 3.18. The minimum Gasteiger partial charge on any atom is -0.392 e. The van der Waals surface area contributed by atoms with E-state index in [2.05, 4.69) is 27.7 Å². The van der Waals surface area contributed by atoms with Gasteiger partial charge in [-0.25, -0.2) is 4.79 Å². The number of aliphatic hydroxyl groups is 1. The molecular weight excluding hydrogens is 538 g/mol. The maximum absolute atomic E-state index is 13.3. The molecule has 7 nitrogen and oxygen atoms in total. The molecule has 0 aromatic heterocycles. The van der Waals surface area contributed by atoms with Crippen LogP contribution < -0.4 is 10.6 Å². The molecule has 232 valence electrons. The van der Waals surface area contributed by atoms with Crippen LogP contribution in [0.2, 0.25) is 0 Å². The van der Waals surface area contributed by atoms with Crippen LogP contribution in [0.5, 0.6) is 0 Å². The molecule has 2 heterocycles. The lowest BCUT2D eigenvalue weighted by Gasteiger charge is -2.56. The summed E-state index contributed by atoms with van der Waals surface area (Å²) in [5.74, 6) is 2.36. The molecule has 4 aliphatic carbocycles. The maximum atomic E-state index is 13.3. The number of urea groups is 1. The van der Waals surface area contributed by atoms with E-state index in [9.17, 15) is 9.90 Å². The lowest BCUT2D eigenvalue weighted by Crippen LogP contribution is -2.60. The number of aliphatic hydroxyl groups excluding tert-OH is 1. The fraction of sp³-hybridized carbons (Fsp3) is 0.639. The van der Waals surface area contributed by atoms with Gasteiger partial charge in [0.15, 0.2) is 6.29 Å². The van der Waals surface area contributed by atoms with Gasteiger partial charge in [0.1, 0.15) is 0 Å². The molecule has 4 saturated carbocycles. The predicted octanol–water partition coefficient (Wildman–Crippen LogP) is 7.08. The molecule has 0 radical (unpaired) electrons. The first kappa shape index (κ1) is 29.3. The van der Waals surface area contributed by atoms with Gasteiger partial charge in [-0.2, -0.15) is 0 Å². The van der Waals surface area contributed by atoms with E-state index in [4.69, 9.17) is 9.47 Å². The van der Waals surface area contributed by atoms with Crippen LogP contribution in [0.4, 0.5) is 10.5 Å². The molecule has 2 aromatic carbocycles. The van der Waals surface area contributed by atoms with Crippen LogP contribution in [0, 0.1) is 17.8 Å². The van der Waals surface area contributed by atoms with Gasteiger partial charge in [-0.15, -0.1) is 0 Å². The Morgan fingerprint density at radius 3 is 2.19 bits per heavy atom. The van der Waals surface area contributed by atoms with Crippen LogP contribution in [0.15, 0.2) is 48.5 Å². The molecule has 2 aromatic rings. The van der Waals surface area contributed by atoms with Crippen LogP contribution in [-0.4, -0.2) is 47.3 Å². The van der Waals surface area contributed by atoms with Crippen LogP contribution in [0.3, 0.4) is 0 Å². The number of anilines is 1. The molecule has 2 saturated heterocycles. The third-order valence-corrected chi connectivity index (χ3v) is 10.9. The Bertz CT molecular complexity index is 1210. The molecule has 3 N–H and O–H groups in total. The Hall–Kier alpha value is -2.45. The summed E-state index contributed by atoms with van der Waals surface area (Å²) in [4.78, 5) is 15.9. The molecule has 8 rings (SSSR count). The number of likely N-dealkylation sites (tertiary alicyclic amines) is 1. The summed E-state index contributed by atoms with van der Waals surface area (Å²) in [6.07, 6.45) is 14.1. The average molecular weight is 588 g/mol. The number of rotatable bonds is 7. The molecule has 2 amide bonds. The normalized spacial score (nSPS) is 34.3. The summed E-state index contributed by atoms with van der Waals surface area (Å²) < 4.78 is 13.3. The van der Waals surface area contributed by atoms with Crippen molar-refractivity contribution in [2.75, 3.05) is 25.0 Å². The SMILES string of the molecule is O=C(Nc1cccc([C@@H]2O[C@H](CN3CCCCCCC3)C[C@H](c3ccc(CO)cc3)O2)c1)NC12CC3CC(CC(C3)C1)C2. The summed E-state index contributed by atoms with van der Waals surface area (Å²) in [7, 11) is 0. The molecule has 0 unspecified atom stereocenters. The highest BCUT2D eigenvalue weighted by Crippen LogP contribution is 2.55. The number of ether oxygens (including phenoxy) is 2. The Morgan fingerprint density at radius 1 is 0.837 bits per heavy atom. The number of hydrogen-bond donors (Lipinski definition) is 3. The second kappa shape index (κ2) is 12.9. The zero-order valence-electron chi connectivity index (χ0n) is 25.5. The van der Waals surface area contributed by atoms with E-state index in [1.807, 2.05) is 36.4 Å². The van der Waals surface area contributed by atoms with Crippen molar-refractivity contribution in [3.63, 3.8) is 0 Å². The second-order valence-electron chi connectivity index (χ2n) is 14.3. The number of hydrogen-bond acceptors (Lipinski definition) is 5. The number of carbonyl (C=O) groups is 1. The number of benzene rings is 2. The first-order valence-corrected chi connectivity index (χ1v) is 16.9. The first-order chi connectivity index (χ1) is 21.0. The van der Waals surface area contributed by atoms with Gasteiger partial charge in [0.25, 0.3) is 0 Å². The molecule has 3 atom stereocenters. The van der Waals surface area contributed by atoms with Gasteiger partial charge in [-0.3, -0.25) is 0 Å². The van der Waals surface area contributed by atoms with Crippen molar-refractivity contribution in [2.45, 2.75) is 108 Å². The quantitative estimate of drug-likeness (QED) is 0.322. The minimum atomic E-state index is -0.524. The molecule has 43 heavy (non-hydrogen) atoms. The Labute approximate surface area is 256 Å². The summed E-state index contributed by atoms with van der Waals surface area (Å²) in [5, 5.41) is 16.1. The van der Waals surface area contributed by atoms with Gasteiger partial charge in [0.05, 0.1) is 18.8 Å². The van der Waals surface area contributed by atoms with Gasteiger partial charge in [-0.05, 0) is 105 Å². The highest BCUT2D eigenvalue weighted by molar-refractivity contribution is 5.89. The summed E-state index contributed by atoms with van der Waals surface area (Å²) in [6, 6.07) is 16.0. The van der Waals surface area contributed by atoms with Crippen LogP contribution >= 0.6 is 0 Å². The molecule has 2 aliphatic heterocycles. The second-order valence-corrected chi connectivity index (χ2v) is 14.3. The summed E-state index contributed by atoms with van der Waals surface area (Å²) >= 11 is 0. The zero-order chi connectivity index (χ0) is 29.2. The fourth-order valence-corrected chi connectivity index (χ4v) is 9.25. The van der Waals surface area contributed by atoms with E-state index in [0.717, 1.165) is 85.4 Å². The fourth-order valence-electron chi connectivity index (χ4n) is 9.25. The number of nitrogens with one attached hydrogen (secondary N) is 2. The topological polar surface area (TPSA) is 83.1 Å². The predicted molar refractivity (Wildman–Crippen MR) is 167 cm³/mol. The molecule has 0 spiro atoms. The van der Waals surface area contributed by atoms with E-state index in [-0.39, 0.29) is 30.4 Å². The van der Waals surface area contributed by atoms with E-state index in [1.54, 1.807) is 0 Å². The third-order valence-electron chi connectivity index (χ3n) is 10.9. The van der Waals surface area contributed by atoms with Gasteiger partial charge >= 0.3 is 6.03 Å². The highest BCUT2D eigenvalue weighted by atomic mass is 16.7. The number of nitrogens with zero attached hydrogens (tertiary/aromatic N) is 1. The lowest BCUT2D eigenvalue weighted by molar-refractivity contribution is -0.253. The van der Waals surface area contributed by atoms with Gasteiger partial charge in [0, 0.05) is 29.8 Å². The minimum absolute atomic E-state index is 0.0234. The van der Waals surface area contributed by atoms with Crippen molar-refractivity contribution in [3.8, 4) is 0 Å². The molecular formula is C36H49N3O4. The van der Waals surface area contributed by atoms with E-state index in [0.29, 0.717) is 0 Å². The van der Waals surface area contributed by atoms with Crippen molar-refractivity contribution in [1.82, 2.24) is 10.2 Å². The maximum Gasteiger partial charge on any atom is 0.319 e. The van der Waals surface area contributed by atoms with Crippen LogP contribution in [0.1, 0.15) is 106 Å². The van der Waals surface area contributed by atoms with Crippen molar-refractivity contribution >= 4 is 11.7 Å².